The fraction of sp³-hybridized carbons (Fsp3) is 0.0656. The normalized spacial score (nSPS) is 12.2. The fourth-order valence-corrected chi connectivity index (χ4v) is 22.2. The lowest BCUT2D eigenvalue weighted by Gasteiger charge is -2.23. The number of para-hydroxylation sites is 10. The van der Waals surface area contributed by atoms with E-state index in [1.54, 1.807) is 0 Å². The number of hydrogen-bond donors (Lipinski definition) is 0. The summed E-state index contributed by atoms with van der Waals surface area (Å²) in [5.41, 5.74) is 29.8. The second-order valence-electron chi connectivity index (χ2n) is 35.6. The van der Waals surface area contributed by atoms with E-state index in [2.05, 4.69) is 388 Å². The number of thiophene rings is 1. The molecule has 0 aliphatic heterocycles. The van der Waals surface area contributed by atoms with Gasteiger partial charge in [-0.05, 0) is 162 Å². The van der Waals surface area contributed by atoms with Crippen LogP contribution in [0.15, 0.2) is 392 Å². The highest BCUT2D eigenvalue weighted by Gasteiger charge is 2.29. The number of hydrogen-bond acceptors (Lipinski definition) is 6. The zero-order valence-electron chi connectivity index (χ0n) is 71.7. The quantitative estimate of drug-likeness (QED) is 0.155. The smallest absolute Gasteiger partial charge is 0.143 e. The van der Waals surface area contributed by atoms with Crippen LogP contribution in [0.25, 0.3) is 261 Å². The van der Waals surface area contributed by atoms with Crippen molar-refractivity contribution >= 4 is 206 Å². The van der Waals surface area contributed by atoms with Gasteiger partial charge in [0.2, 0.25) is 0 Å². The first-order valence-electron chi connectivity index (χ1n) is 44.2. The predicted molar refractivity (Wildman–Crippen MR) is 544 cm³/mol. The summed E-state index contributed by atoms with van der Waals surface area (Å²) in [6.07, 6.45) is 0. The first-order chi connectivity index (χ1) is 62.8. The summed E-state index contributed by atoms with van der Waals surface area (Å²) in [7, 11) is 0. The van der Waals surface area contributed by atoms with Crippen molar-refractivity contribution in [2.24, 2.45) is 0 Å². The molecule has 0 amide bonds. The van der Waals surface area contributed by atoms with Crippen LogP contribution < -0.4 is 0 Å². The number of rotatable bonds is 6. The lowest BCUT2D eigenvalue weighted by atomic mass is 9.81. The Labute approximate surface area is 741 Å². The molecule has 0 atom stereocenters. The molecule has 0 bridgehead atoms. The van der Waals surface area contributed by atoms with Crippen molar-refractivity contribution < 1.29 is 22.1 Å². The van der Waals surface area contributed by atoms with Gasteiger partial charge in [-0.15, -0.1) is 11.3 Å². The first-order valence-corrected chi connectivity index (χ1v) is 45.0. The van der Waals surface area contributed by atoms with Crippen LogP contribution in [0.5, 0.6) is 0 Å². The molecule has 0 N–H and O–H groups in total. The molecule has 6 heterocycles. The van der Waals surface area contributed by atoms with Gasteiger partial charge in [-0.3, -0.25) is 0 Å². The predicted octanol–water partition coefficient (Wildman–Crippen LogP) is 36.4. The minimum Gasteiger partial charge on any atom is -0.455 e. The lowest BCUT2D eigenvalue weighted by molar-refractivity contribution is 0.591. The SMILES string of the molecule is CC(C)(C)c1ccc2c(-c3cccc4c3oc3ccccc34)c3ccccc3c(-c3cccc4c3sc3ccccc34)c2c1.Cc1cc2c(-c3cccc4c3oc3ccccc34)c3ccccc3c(-c3cccc4c3oc3ccccc34)c2cc1C.Cc1ccc2c(-c3cccc4c3oc3ccccc34)c3cc(C)ccc3c(-c3cccc4c3oc3ccccc34)c2c1. The molecule has 0 aliphatic rings. The van der Waals surface area contributed by atoms with Crippen molar-refractivity contribution in [2.45, 2.75) is 53.9 Å². The highest BCUT2D eigenvalue weighted by atomic mass is 32.1. The van der Waals surface area contributed by atoms with E-state index < -0.39 is 0 Å². The summed E-state index contributed by atoms with van der Waals surface area (Å²) in [5, 5.41) is 28.8. The Morgan fingerprint density at radius 2 is 0.430 bits per heavy atom. The minimum absolute atomic E-state index is 0.0135. The summed E-state index contributed by atoms with van der Waals surface area (Å²) in [6, 6.07) is 133. The Kier molecular flexibility index (Phi) is 17.0. The van der Waals surface area contributed by atoms with Gasteiger partial charge in [0.15, 0.2) is 0 Å². The third-order valence-electron chi connectivity index (χ3n) is 27.0. The van der Waals surface area contributed by atoms with Crippen molar-refractivity contribution in [1.29, 1.82) is 0 Å². The van der Waals surface area contributed by atoms with Gasteiger partial charge in [0.25, 0.3) is 0 Å². The van der Waals surface area contributed by atoms with Crippen LogP contribution in [0.2, 0.25) is 0 Å². The average molecular weight is 1660 g/mol. The molecule has 128 heavy (non-hydrogen) atoms. The molecule has 606 valence electrons. The maximum absolute atomic E-state index is 6.62. The molecular formula is C122H82O5S. The molecule has 0 saturated heterocycles. The summed E-state index contributed by atoms with van der Waals surface area (Å²) in [5.74, 6) is 0. The van der Waals surface area contributed by atoms with E-state index in [4.69, 9.17) is 22.1 Å². The number of benzene rings is 21. The van der Waals surface area contributed by atoms with Crippen LogP contribution in [-0.4, -0.2) is 0 Å². The second kappa shape index (κ2) is 29.0. The zero-order chi connectivity index (χ0) is 85.5. The molecular weight excluding hydrogens is 1580 g/mol. The monoisotopic (exact) mass is 1660 g/mol. The van der Waals surface area contributed by atoms with Crippen molar-refractivity contribution in [3.63, 3.8) is 0 Å². The van der Waals surface area contributed by atoms with Crippen molar-refractivity contribution in [1.82, 2.24) is 0 Å². The molecule has 0 unspecified atom stereocenters. The summed E-state index contributed by atoms with van der Waals surface area (Å²) < 4.78 is 35.6. The lowest BCUT2D eigenvalue weighted by Crippen LogP contribution is -2.10. The van der Waals surface area contributed by atoms with E-state index in [9.17, 15) is 0 Å². The highest BCUT2D eigenvalue weighted by Crippen LogP contribution is 2.55. The molecule has 0 aliphatic carbocycles. The van der Waals surface area contributed by atoms with E-state index in [-0.39, 0.29) is 5.41 Å². The molecule has 27 rings (SSSR count). The highest BCUT2D eigenvalue weighted by molar-refractivity contribution is 7.26. The van der Waals surface area contributed by atoms with Crippen LogP contribution >= 0.6 is 11.3 Å². The maximum atomic E-state index is 6.62. The Balaban J connectivity index is 0.000000104. The summed E-state index contributed by atoms with van der Waals surface area (Å²) in [6.45, 7) is 15.7. The Hall–Kier alpha value is -15.6. The Morgan fingerprint density at radius 3 is 0.766 bits per heavy atom. The topological polar surface area (TPSA) is 65.7 Å². The molecule has 6 aromatic heterocycles. The van der Waals surface area contributed by atoms with Crippen molar-refractivity contribution in [3.8, 4) is 66.8 Å². The average Bonchev–Trinajstić information content (AvgIpc) is 1.11. The minimum atomic E-state index is 0.0135. The summed E-state index contributed by atoms with van der Waals surface area (Å²) in [4.78, 5) is 0. The largest absolute Gasteiger partial charge is 0.455 e. The first kappa shape index (κ1) is 75.0. The fourth-order valence-electron chi connectivity index (χ4n) is 20.9. The molecule has 0 spiro atoms. The maximum Gasteiger partial charge on any atom is 0.143 e. The van der Waals surface area contributed by atoms with E-state index in [1.807, 2.05) is 41.7 Å². The van der Waals surface area contributed by atoms with E-state index >= 15 is 0 Å². The molecule has 5 nitrogen and oxygen atoms in total. The molecule has 0 saturated carbocycles. The number of aryl methyl sites for hydroxylation is 4. The van der Waals surface area contributed by atoms with Gasteiger partial charge in [-0.25, -0.2) is 0 Å². The van der Waals surface area contributed by atoms with Gasteiger partial charge in [-0.2, -0.15) is 0 Å². The van der Waals surface area contributed by atoms with Gasteiger partial charge in [0, 0.05) is 135 Å². The van der Waals surface area contributed by atoms with Crippen LogP contribution in [-0.2, 0) is 5.41 Å². The van der Waals surface area contributed by atoms with Crippen LogP contribution in [0.3, 0.4) is 0 Å². The third-order valence-corrected chi connectivity index (χ3v) is 28.2. The van der Waals surface area contributed by atoms with Gasteiger partial charge < -0.3 is 22.1 Å². The zero-order valence-corrected chi connectivity index (χ0v) is 72.5. The van der Waals surface area contributed by atoms with E-state index in [1.165, 1.54) is 152 Å². The Bertz CT molecular complexity index is 8810. The van der Waals surface area contributed by atoms with E-state index in [0.717, 1.165) is 138 Å². The van der Waals surface area contributed by atoms with Gasteiger partial charge >= 0.3 is 0 Å². The van der Waals surface area contributed by atoms with Gasteiger partial charge in [-0.1, -0.05) is 359 Å². The third kappa shape index (κ3) is 11.6. The van der Waals surface area contributed by atoms with E-state index in [0.29, 0.717) is 0 Å². The second-order valence-corrected chi connectivity index (χ2v) is 36.7. The van der Waals surface area contributed by atoms with Gasteiger partial charge in [0.1, 0.15) is 55.8 Å². The van der Waals surface area contributed by atoms with Crippen LogP contribution in [0, 0.1) is 27.7 Å². The Morgan fingerprint density at radius 1 is 0.188 bits per heavy atom. The number of furan rings is 5. The standard InChI is InChI=1S/C42H30OS.2C40H26O2/c1-42(2,3)25-22-23-30-35(24-25)39(34-19-11-17-32-27-13-7-9-21-37(27)44-41(32)34)29-15-5-4-14-28(29)38(30)33-18-10-16-31-26-12-6-8-20-36(26)43-40(31)33;1-23-17-19-27-33(21-23)37(31-13-7-11-29-25-9-3-5-15-35(25)41-39(29)31)28-20-18-24(2)22-34(28)38(27)32-14-8-12-30-26-10-4-6-16-36(26)42-40(30)32;1-23-21-33-34(22-24(23)2)38(32-18-10-16-30-26-12-6-8-20-36(26)42-40(30)32)28-14-4-3-13-27(28)37(33)31-17-9-15-29-25-11-5-7-19-35(25)41-39(29)31/h4-24H,1-3H3;2*3-22H,1-2H3. The molecule has 0 radical (unpaired) electrons. The molecule has 21 aromatic carbocycles. The molecule has 6 heteroatoms. The van der Waals surface area contributed by atoms with Gasteiger partial charge in [0.05, 0.1) is 0 Å². The van der Waals surface area contributed by atoms with Crippen molar-refractivity contribution in [3.05, 3.63) is 398 Å². The summed E-state index contributed by atoms with van der Waals surface area (Å²) >= 11 is 1.90. The van der Waals surface area contributed by atoms with Crippen molar-refractivity contribution in [2.75, 3.05) is 0 Å². The number of fused-ring (bicyclic) bond motifs is 24. The molecule has 27 aromatic rings. The molecule has 0 fully saturated rings. The van der Waals surface area contributed by atoms with Crippen LogP contribution in [0.4, 0.5) is 0 Å². The van der Waals surface area contributed by atoms with Crippen LogP contribution in [0.1, 0.15) is 48.6 Å².